The minimum Gasteiger partial charge on any atom is -0.481 e. The quantitative estimate of drug-likeness (QED) is 0.741. The third-order valence-corrected chi connectivity index (χ3v) is 3.89. The molecule has 0 atom stereocenters. The van der Waals surface area contributed by atoms with E-state index in [9.17, 15) is 14.7 Å². The lowest BCUT2D eigenvalue weighted by Gasteiger charge is -2.26. The van der Waals surface area contributed by atoms with Gasteiger partial charge in [-0.05, 0) is 49.9 Å². The van der Waals surface area contributed by atoms with E-state index in [0.717, 1.165) is 24.8 Å². The molecule has 3 N–H and O–H groups in total. The van der Waals surface area contributed by atoms with Crippen molar-refractivity contribution in [2.75, 3.05) is 6.54 Å². The van der Waals surface area contributed by atoms with Crippen LogP contribution < -0.4 is 5.32 Å². The van der Waals surface area contributed by atoms with Crippen molar-refractivity contribution in [2.24, 2.45) is 0 Å². The van der Waals surface area contributed by atoms with Crippen LogP contribution in [0.3, 0.4) is 0 Å². The summed E-state index contributed by atoms with van der Waals surface area (Å²) in [5, 5.41) is 21.4. The van der Waals surface area contributed by atoms with Crippen LogP contribution in [0.2, 0.25) is 0 Å². The number of carbonyl (C=O) groups excluding carboxylic acids is 1. The largest absolute Gasteiger partial charge is 0.481 e. The smallest absolute Gasteiger partial charge is 0.305 e. The second-order valence-electron chi connectivity index (χ2n) is 5.82. The van der Waals surface area contributed by atoms with Crippen molar-refractivity contribution in [3.63, 3.8) is 0 Å². The SMILES string of the molecule is O=C(O)CCNC(=O)c1ccc(C#CC2(O)CCCCC2)cc1. The summed E-state index contributed by atoms with van der Waals surface area (Å²) < 4.78 is 0. The van der Waals surface area contributed by atoms with Crippen LogP contribution in [0.15, 0.2) is 24.3 Å². The first-order valence-corrected chi connectivity index (χ1v) is 7.84. The molecule has 5 nitrogen and oxygen atoms in total. The van der Waals surface area contributed by atoms with Crippen molar-refractivity contribution in [3.8, 4) is 11.8 Å². The van der Waals surface area contributed by atoms with Gasteiger partial charge in [-0.15, -0.1) is 0 Å². The maximum atomic E-state index is 11.8. The van der Waals surface area contributed by atoms with Gasteiger partial charge >= 0.3 is 5.97 Å². The highest BCUT2D eigenvalue weighted by Crippen LogP contribution is 2.27. The lowest BCUT2D eigenvalue weighted by Crippen LogP contribution is -2.29. The van der Waals surface area contributed by atoms with Gasteiger partial charge < -0.3 is 15.5 Å². The van der Waals surface area contributed by atoms with Gasteiger partial charge in [0.1, 0.15) is 5.60 Å². The maximum Gasteiger partial charge on any atom is 0.305 e. The molecule has 0 saturated heterocycles. The summed E-state index contributed by atoms with van der Waals surface area (Å²) in [6.45, 7) is 0.1000. The summed E-state index contributed by atoms with van der Waals surface area (Å²) in [4.78, 5) is 22.2. The molecule has 0 bridgehead atoms. The van der Waals surface area contributed by atoms with E-state index in [0.29, 0.717) is 18.4 Å². The molecule has 23 heavy (non-hydrogen) atoms. The van der Waals surface area contributed by atoms with Gasteiger partial charge in [-0.2, -0.15) is 0 Å². The topological polar surface area (TPSA) is 86.6 Å². The molecule has 122 valence electrons. The number of hydrogen-bond acceptors (Lipinski definition) is 3. The number of carboxylic acid groups (broad SMARTS) is 1. The molecule has 2 rings (SSSR count). The maximum absolute atomic E-state index is 11.8. The Labute approximate surface area is 135 Å². The van der Waals surface area contributed by atoms with Crippen molar-refractivity contribution >= 4 is 11.9 Å². The predicted octanol–water partition coefficient (Wildman–Crippen LogP) is 1.94. The first kappa shape index (κ1) is 17.0. The monoisotopic (exact) mass is 315 g/mol. The van der Waals surface area contributed by atoms with Crippen LogP contribution in [0.5, 0.6) is 0 Å². The fraction of sp³-hybridized carbons (Fsp3) is 0.444. The van der Waals surface area contributed by atoms with E-state index in [2.05, 4.69) is 17.2 Å². The van der Waals surface area contributed by atoms with Crippen LogP contribution in [-0.4, -0.2) is 34.2 Å². The van der Waals surface area contributed by atoms with Gasteiger partial charge in [0.25, 0.3) is 5.91 Å². The summed E-state index contributed by atoms with van der Waals surface area (Å²) in [5.74, 6) is 4.66. The number of aliphatic hydroxyl groups is 1. The van der Waals surface area contributed by atoms with Crippen molar-refractivity contribution < 1.29 is 19.8 Å². The van der Waals surface area contributed by atoms with Gasteiger partial charge in [0.15, 0.2) is 0 Å². The first-order chi connectivity index (χ1) is 11.0. The molecule has 1 aromatic carbocycles. The van der Waals surface area contributed by atoms with Crippen molar-refractivity contribution in [2.45, 2.75) is 44.1 Å². The number of aliphatic carboxylic acids is 1. The standard InChI is InChI=1S/C18H21NO4/c20-16(21)9-13-19-17(22)15-6-4-14(5-7-15)8-12-18(23)10-2-1-3-11-18/h4-7,23H,1-3,9-11,13H2,(H,19,22)(H,20,21). The molecule has 1 amide bonds. The number of carboxylic acids is 1. The Hall–Kier alpha value is -2.32. The van der Waals surface area contributed by atoms with E-state index in [4.69, 9.17) is 5.11 Å². The number of nitrogens with one attached hydrogen (secondary N) is 1. The number of hydrogen-bond donors (Lipinski definition) is 3. The fourth-order valence-electron chi connectivity index (χ4n) is 2.54. The molecule has 0 spiro atoms. The molecule has 0 heterocycles. The average Bonchev–Trinajstić information content (AvgIpc) is 2.54. The van der Waals surface area contributed by atoms with Crippen LogP contribution >= 0.6 is 0 Å². The zero-order valence-corrected chi connectivity index (χ0v) is 13.0. The molecule has 0 unspecified atom stereocenters. The van der Waals surface area contributed by atoms with Crippen LogP contribution in [0.25, 0.3) is 0 Å². The van der Waals surface area contributed by atoms with Crippen molar-refractivity contribution in [3.05, 3.63) is 35.4 Å². The third-order valence-electron chi connectivity index (χ3n) is 3.89. The summed E-state index contributed by atoms with van der Waals surface area (Å²) in [5.41, 5.74) is 0.314. The predicted molar refractivity (Wildman–Crippen MR) is 85.9 cm³/mol. The van der Waals surface area contributed by atoms with Crippen LogP contribution in [0.1, 0.15) is 54.4 Å². The Kier molecular flexibility index (Phi) is 5.78. The Bertz CT molecular complexity index is 619. The highest BCUT2D eigenvalue weighted by Gasteiger charge is 2.26. The minimum atomic E-state index is -0.948. The van der Waals surface area contributed by atoms with E-state index >= 15 is 0 Å². The van der Waals surface area contributed by atoms with Crippen molar-refractivity contribution in [1.82, 2.24) is 5.32 Å². The Morgan fingerprint density at radius 3 is 2.39 bits per heavy atom. The van der Waals surface area contributed by atoms with Gasteiger partial charge in [0.05, 0.1) is 6.42 Å². The second kappa shape index (κ2) is 7.80. The number of amides is 1. The molecule has 1 saturated carbocycles. The molecular weight excluding hydrogens is 294 g/mol. The molecule has 0 aliphatic heterocycles. The first-order valence-electron chi connectivity index (χ1n) is 7.84. The normalized spacial score (nSPS) is 16.0. The highest BCUT2D eigenvalue weighted by atomic mass is 16.4. The molecule has 1 aliphatic carbocycles. The lowest BCUT2D eigenvalue weighted by molar-refractivity contribution is -0.136. The van der Waals surface area contributed by atoms with Gasteiger partial charge in [0, 0.05) is 17.7 Å². The second-order valence-corrected chi connectivity index (χ2v) is 5.82. The van der Waals surface area contributed by atoms with Gasteiger partial charge in [-0.3, -0.25) is 9.59 Å². The summed E-state index contributed by atoms with van der Waals surface area (Å²) in [7, 11) is 0. The van der Waals surface area contributed by atoms with Crippen LogP contribution in [0, 0.1) is 11.8 Å². The lowest BCUT2D eigenvalue weighted by atomic mass is 9.85. The summed E-state index contributed by atoms with van der Waals surface area (Å²) >= 11 is 0. The van der Waals surface area contributed by atoms with Crippen molar-refractivity contribution in [1.29, 1.82) is 0 Å². The molecule has 0 radical (unpaired) electrons. The molecular formula is C18H21NO4. The van der Waals surface area contributed by atoms with E-state index in [1.807, 2.05) is 0 Å². The average molecular weight is 315 g/mol. The zero-order valence-electron chi connectivity index (χ0n) is 13.0. The van der Waals surface area contributed by atoms with E-state index in [1.54, 1.807) is 24.3 Å². The summed E-state index contributed by atoms with van der Waals surface area (Å²) in [6, 6.07) is 6.74. The van der Waals surface area contributed by atoms with E-state index in [1.165, 1.54) is 0 Å². The van der Waals surface area contributed by atoms with E-state index < -0.39 is 11.6 Å². The zero-order chi connectivity index (χ0) is 16.7. The highest BCUT2D eigenvalue weighted by molar-refractivity contribution is 5.94. The number of carbonyl (C=O) groups is 2. The Morgan fingerprint density at radius 2 is 1.78 bits per heavy atom. The minimum absolute atomic E-state index is 0.1000. The number of benzene rings is 1. The molecule has 1 aliphatic rings. The Balaban J connectivity index is 1.94. The van der Waals surface area contributed by atoms with Gasteiger partial charge in [0.2, 0.25) is 0 Å². The van der Waals surface area contributed by atoms with Crippen LogP contribution in [0.4, 0.5) is 0 Å². The van der Waals surface area contributed by atoms with Crippen LogP contribution in [-0.2, 0) is 4.79 Å². The fourth-order valence-corrected chi connectivity index (χ4v) is 2.54. The van der Waals surface area contributed by atoms with E-state index in [-0.39, 0.29) is 18.9 Å². The molecule has 5 heteroatoms. The van der Waals surface area contributed by atoms with Gasteiger partial charge in [-0.1, -0.05) is 18.3 Å². The molecule has 1 aromatic rings. The molecule has 0 aromatic heterocycles. The molecule has 1 fully saturated rings. The van der Waals surface area contributed by atoms with Gasteiger partial charge in [-0.25, -0.2) is 0 Å². The summed E-state index contributed by atoms with van der Waals surface area (Å²) in [6.07, 6.45) is 4.47. The number of rotatable bonds is 4. The third kappa shape index (κ3) is 5.42. The Morgan fingerprint density at radius 1 is 1.13 bits per heavy atom.